The molecule has 0 bridgehead atoms. The zero-order valence-corrected chi connectivity index (χ0v) is 12.3. The van der Waals surface area contributed by atoms with E-state index in [1.165, 1.54) is 0 Å². The molecular formula is C16H20N4O. The molecule has 0 radical (unpaired) electrons. The number of anilines is 3. The number of benzene rings is 1. The minimum Gasteiger partial charge on any atom is -0.399 e. The molecule has 110 valence electrons. The van der Waals surface area contributed by atoms with Crippen LogP contribution in [0.5, 0.6) is 0 Å². The Labute approximate surface area is 124 Å². The Morgan fingerprint density at radius 3 is 2.67 bits per heavy atom. The lowest BCUT2D eigenvalue weighted by Crippen LogP contribution is -2.24. The Hall–Kier alpha value is -2.56. The van der Waals surface area contributed by atoms with Crippen LogP contribution in [-0.4, -0.2) is 24.0 Å². The van der Waals surface area contributed by atoms with Gasteiger partial charge in [-0.25, -0.2) is 0 Å². The number of nitrogens with one attached hydrogen (secondary N) is 1. The van der Waals surface area contributed by atoms with E-state index in [2.05, 4.69) is 29.0 Å². The quantitative estimate of drug-likeness (QED) is 0.828. The van der Waals surface area contributed by atoms with Crippen LogP contribution in [0.25, 0.3) is 0 Å². The van der Waals surface area contributed by atoms with Crippen LogP contribution in [0.2, 0.25) is 0 Å². The summed E-state index contributed by atoms with van der Waals surface area (Å²) < 4.78 is 0. The lowest BCUT2D eigenvalue weighted by Gasteiger charge is -2.24. The van der Waals surface area contributed by atoms with Crippen LogP contribution >= 0.6 is 0 Å². The summed E-state index contributed by atoms with van der Waals surface area (Å²) >= 11 is 0. The van der Waals surface area contributed by atoms with E-state index < -0.39 is 0 Å². The van der Waals surface area contributed by atoms with Gasteiger partial charge in [0.15, 0.2) is 0 Å². The molecule has 5 heteroatoms. The zero-order valence-electron chi connectivity index (χ0n) is 12.3. The van der Waals surface area contributed by atoms with Crippen LogP contribution in [0, 0.1) is 0 Å². The van der Waals surface area contributed by atoms with Crippen LogP contribution in [0.1, 0.15) is 24.2 Å². The van der Waals surface area contributed by atoms with Crippen molar-refractivity contribution in [2.75, 3.05) is 29.0 Å². The van der Waals surface area contributed by atoms with Crippen LogP contribution in [-0.2, 0) is 0 Å². The number of nitrogen functional groups attached to an aromatic ring is 1. The van der Waals surface area contributed by atoms with Crippen molar-refractivity contribution in [1.29, 1.82) is 0 Å². The Bertz CT molecular complexity index is 609. The second kappa shape index (κ2) is 6.74. The average molecular weight is 284 g/mol. The lowest BCUT2D eigenvalue weighted by atomic mass is 10.2. The van der Waals surface area contributed by atoms with Crippen LogP contribution < -0.4 is 16.0 Å². The SMILES string of the molecule is CCN(CC)c1ccc(N)cc1NC(=O)c1cccnc1. The number of aromatic nitrogens is 1. The lowest BCUT2D eigenvalue weighted by molar-refractivity contribution is 0.102. The number of hydrogen-bond donors (Lipinski definition) is 2. The molecule has 0 saturated heterocycles. The molecule has 0 aliphatic heterocycles. The van der Waals surface area contributed by atoms with Gasteiger partial charge in [-0.3, -0.25) is 9.78 Å². The Kier molecular flexibility index (Phi) is 4.77. The molecule has 0 fully saturated rings. The maximum Gasteiger partial charge on any atom is 0.257 e. The predicted molar refractivity (Wildman–Crippen MR) is 86.6 cm³/mol. The summed E-state index contributed by atoms with van der Waals surface area (Å²) in [6, 6.07) is 9.02. The number of pyridine rings is 1. The first-order valence-corrected chi connectivity index (χ1v) is 7.01. The van der Waals surface area contributed by atoms with E-state index in [0.717, 1.165) is 18.8 Å². The molecule has 0 aliphatic rings. The fourth-order valence-electron chi connectivity index (χ4n) is 2.19. The molecular weight excluding hydrogens is 264 g/mol. The van der Waals surface area contributed by atoms with Crippen molar-refractivity contribution in [3.05, 3.63) is 48.3 Å². The molecule has 1 heterocycles. The van der Waals surface area contributed by atoms with Gasteiger partial charge < -0.3 is 16.0 Å². The average Bonchev–Trinajstić information content (AvgIpc) is 2.51. The van der Waals surface area contributed by atoms with Crippen molar-refractivity contribution in [2.24, 2.45) is 0 Å². The number of carbonyl (C=O) groups is 1. The fraction of sp³-hybridized carbons (Fsp3) is 0.250. The highest BCUT2D eigenvalue weighted by Crippen LogP contribution is 2.28. The van der Waals surface area contributed by atoms with Gasteiger partial charge in [-0.05, 0) is 44.2 Å². The topological polar surface area (TPSA) is 71.2 Å². The third kappa shape index (κ3) is 3.51. The number of carbonyl (C=O) groups excluding carboxylic acids is 1. The smallest absolute Gasteiger partial charge is 0.257 e. The highest BCUT2D eigenvalue weighted by molar-refractivity contribution is 6.06. The van der Waals surface area contributed by atoms with Gasteiger partial charge in [0.2, 0.25) is 0 Å². The second-order valence-electron chi connectivity index (χ2n) is 4.64. The van der Waals surface area contributed by atoms with Gasteiger partial charge in [-0.15, -0.1) is 0 Å². The number of hydrogen-bond acceptors (Lipinski definition) is 4. The fourth-order valence-corrected chi connectivity index (χ4v) is 2.19. The summed E-state index contributed by atoms with van der Waals surface area (Å²) in [5.41, 5.74) is 8.66. The molecule has 2 rings (SSSR count). The van der Waals surface area contributed by atoms with Gasteiger partial charge in [-0.2, -0.15) is 0 Å². The van der Waals surface area contributed by atoms with Crippen molar-refractivity contribution in [1.82, 2.24) is 4.98 Å². The highest BCUT2D eigenvalue weighted by atomic mass is 16.1. The normalized spacial score (nSPS) is 10.2. The molecule has 21 heavy (non-hydrogen) atoms. The first-order chi connectivity index (χ1) is 10.2. The van der Waals surface area contributed by atoms with E-state index in [1.807, 2.05) is 12.1 Å². The monoisotopic (exact) mass is 284 g/mol. The first-order valence-electron chi connectivity index (χ1n) is 7.01. The maximum absolute atomic E-state index is 12.3. The first kappa shape index (κ1) is 14.8. The molecule has 0 aliphatic carbocycles. The van der Waals surface area contributed by atoms with Crippen molar-refractivity contribution in [3.8, 4) is 0 Å². The molecule has 3 N–H and O–H groups in total. The Morgan fingerprint density at radius 1 is 1.29 bits per heavy atom. The van der Waals surface area contributed by atoms with E-state index in [9.17, 15) is 4.79 Å². The van der Waals surface area contributed by atoms with Crippen LogP contribution in [0.15, 0.2) is 42.7 Å². The molecule has 1 aromatic heterocycles. The van der Waals surface area contributed by atoms with Gasteiger partial charge in [0, 0.05) is 31.2 Å². The van der Waals surface area contributed by atoms with Gasteiger partial charge in [0.25, 0.3) is 5.91 Å². The maximum atomic E-state index is 12.3. The van der Waals surface area contributed by atoms with E-state index >= 15 is 0 Å². The van der Waals surface area contributed by atoms with Gasteiger partial charge in [0.1, 0.15) is 0 Å². The Balaban J connectivity index is 2.30. The Morgan fingerprint density at radius 2 is 2.05 bits per heavy atom. The van der Waals surface area contributed by atoms with Crippen LogP contribution in [0.4, 0.5) is 17.1 Å². The van der Waals surface area contributed by atoms with E-state index in [0.29, 0.717) is 16.9 Å². The number of nitrogens with two attached hydrogens (primary N) is 1. The van der Waals surface area contributed by atoms with E-state index in [1.54, 1.807) is 30.6 Å². The molecule has 0 unspecified atom stereocenters. The summed E-state index contributed by atoms with van der Waals surface area (Å²) in [5, 5.41) is 2.92. The summed E-state index contributed by atoms with van der Waals surface area (Å²) in [6.07, 6.45) is 3.18. The van der Waals surface area contributed by atoms with Gasteiger partial charge in [0.05, 0.1) is 16.9 Å². The predicted octanol–water partition coefficient (Wildman–Crippen LogP) is 2.76. The molecule has 1 aromatic carbocycles. The molecule has 2 aromatic rings. The summed E-state index contributed by atoms with van der Waals surface area (Å²) in [4.78, 5) is 18.4. The standard InChI is InChI=1S/C16H20N4O/c1-3-20(4-2)15-8-7-13(17)10-14(15)19-16(21)12-6-5-9-18-11-12/h5-11H,3-4,17H2,1-2H3,(H,19,21). The number of amides is 1. The summed E-state index contributed by atoms with van der Waals surface area (Å²) in [6.45, 7) is 5.87. The molecule has 1 amide bonds. The van der Waals surface area contributed by atoms with Gasteiger partial charge >= 0.3 is 0 Å². The molecule has 5 nitrogen and oxygen atoms in total. The molecule has 0 spiro atoms. The minimum atomic E-state index is -0.192. The number of nitrogens with zero attached hydrogens (tertiary/aromatic N) is 2. The van der Waals surface area contributed by atoms with E-state index in [4.69, 9.17) is 5.73 Å². The van der Waals surface area contributed by atoms with Crippen molar-refractivity contribution < 1.29 is 4.79 Å². The summed E-state index contributed by atoms with van der Waals surface area (Å²) in [7, 11) is 0. The highest BCUT2D eigenvalue weighted by Gasteiger charge is 2.12. The summed E-state index contributed by atoms with van der Waals surface area (Å²) in [5.74, 6) is -0.192. The zero-order chi connectivity index (χ0) is 15.2. The largest absolute Gasteiger partial charge is 0.399 e. The van der Waals surface area contributed by atoms with Crippen molar-refractivity contribution >= 4 is 23.0 Å². The second-order valence-corrected chi connectivity index (χ2v) is 4.64. The number of rotatable bonds is 5. The third-order valence-electron chi connectivity index (χ3n) is 3.30. The van der Waals surface area contributed by atoms with E-state index in [-0.39, 0.29) is 5.91 Å². The van der Waals surface area contributed by atoms with Gasteiger partial charge in [-0.1, -0.05) is 0 Å². The van der Waals surface area contributed by atoms with Crippen molar-refractivity contribution in [3.63, 3.8) is 0 Å². The van der Waals surface area contributed by atoms with Crippen LogP contribution in [0.3, 0.4) is 0 Å². The minimum absolute atomic E-state index is 0.192. The molecule has 0 atom stereocenters. The third-order valence-corrected chi connectivity index (χ3v) is 3.30. The molecule has 0 saturated carbocycles. The van der Waals surface area contributed by atoms with Crippen molar-refractivity contribution in [2.45, 2.75) is 13.8 Å².